The Bertz CT molecular complexity index is 304. The minimum absolute atomic E-state index is 0.0607. The predicted octanol–water partition coefficient (Wildman–Crippen LogP) is 3.43. The molecule has 1 rings (SSSR count). The Labute approximate surface area is 90.6 Å². The number of hydrogen-bond acceptors (Lipinski definition) is 1. The third-order valence-electron chi connectivity index (χ3n) is 1.67. The first kappa shape index (κ1) is 11.0. The van der Waals surface area contributed by atoms with Gasteiger partial charge in [0, 0.05) is 0 Å². The van der Waals surface area contributed by atoms with Gasteiger partial charge in [-0.1, -0.05) is 33.6 Å². The maximum Gasteiger partial charge on any atom is 0.141 e. The van der Waals surface area contributed by atoms with Crippen molar-refractivity contribution in [2.45, 2.75) is 4.95 Å². The van der Waals surface area contributed by atoms with Gasteiger partial charge in [-0.3, -0.25) is 4.90 Å². The van der Waals surface area contributed by atoms with Gasteiger partial charge in [-0.15, -0.1) is 0 Å². The maximum absolute atomic E-state index is 12.8. The molecule has 0 amide bonds. The molecule has 0 N–H and O–H groups in total. The van der Waals surface area contributed by atoms with Crippen molar-refractivity contribution in [3.8, 4) is 0 Å². The van der Waals surface area contributed by atoms with Crippen molar-refractivity contribution in [3.05, 3.63) is 34.6 Å². The fraction of sp³-hybridized carbons (Fsp3) is 0.333. The van der Waals surface area contributed by atoms with Crippen molar-refractivity contribution in [2.75, 3.05) is 14.1 Å². The van der Waals surface area contributed by atoms with Crippen LogP contribution in [-0.2, 0) is 0 Å². The van der Waals surface area contributed by atoms with Gasteiger partial charge < -0.3 is 0 Å². The zero-order valence-corrected chi connectivity index (χ0v) is 9.73. The van der Waals surface area contributed by atoms with Gasteiger partial charge in [-0.05, 0) is 31.8 Å². The highest BCUT2D eigenvalue weighted by molar-refractivity contribution is 9.09. The Hall–Kier alpha value is -0.120. The van der Waals surface area contributed by atoms with Crippen molar-refractivity contribution in [3.63, 3.8) is 0 Å². The van der Waals surface area contributed by atoms with E-state index in [2.05, 4.69) is 15.9 Å². The van der Waals surface area contributed by atoms with E-state index in [9.17, 15) is 4.39 Å². The molecule has 1 nitrogen and oxygen atoms in total. The lowest BCUT2D eigenvalue weighted by molar-refractivity contribution is 0.397. The molecule has 72 valence electrons. The smallest absolute Gasteiger partial charge is 0.141 e. The molecule has 1 unspecified atom stereocenters. The molecule has 1 aromatic carbocycles. The maximum atomic E-state index is 12.8. The average molecular weight is 267 g/mol. The highest BCUT2D eigenvalue weighted by Gasteiger charge is 2.11. The third kappa shape index (κ3) is 2.66. The van der Waals surface area contributed by atoms with Crippen LogP contribution in [0.3, 0.4) is 0 Å². The van der Waals surface area contributed by atoms with E-state index in [-0.39, 0.29) is 15.8 Å². The molecule has 0 saturated carbocycles. The van der Waals surface area contributed by atoms with E-state index in [1.54, 1.807) is 12.1 Å². The molecule has 1 atom stereocenters. The van der Waals surface area contributed by atoms with Gasteiger partial charge in [0.15, 0.2) is 0 Å². The Morgan fingerprint density at radius 1 is 1.46 bits per heavy atom. The van der Waals surface area contributed by atoms with E-state index in [1.807, 2.05) is 19.0 Å². The summed E-state index contributed by atoms with van der Waals surface area (Å²) in [6, 6.07) is 4.70. The molecule has 0 fully saturated rings. The van der Waals surface area contributed by atoms with Crippen LogP contribution in [0.15, 0.2) is 18.2 Å². The topological polar surface area (TPSA) is 3.24 Å². The van der Waals surface area contributed by atoms with Gasteiger partial charge in [-0.2, -0.15) is 0 Å². The second-order valence-corrected chi connectivity index (χ2v) is 4.25. The van der Waals surface area contributed by atoms with Crippen molar-refractivity contribution < 1.29 is 4.39 Å². The van der Waals surface area contributed by atoms with Crippen molar-refractivity contribution in [1.29, 1.82) is 0 Å². The summed E-state index contributed by atoms with van der Waals surface area (Å²) >= 11 is 9.10. The monoisotopic (exact) mass is 265 g/mol. The molecule has 0 spiro atoms. The Morgan fingerprint density at radius 3 is 2.54 bits per heavy atom. The zero-order valence-electron chi connectivity index (χ0n) is 7.39. The number of benzene rings is 1. The van der Waals surface area contributed by atoms with Gasteiger partial charge in [-0.25, -0.2) is 4.39 Å². The molecule has 0 heterocycles. The van der Waals surface area contributed by atoms with Crippen LogP contribution < -0.4 is 0 Å². The second-order valence-electron chi connectivity index (χ2n) is 2.97. The van der Waals surface area contributed by atoms with E-state index in [4.69, 9.17) is 11.6 Å². The van der Waals surface area contributed by atoms with Crippen LogP contribution in [0.5, 0.6) is 0 Å². The largest absolute Gasteiger partial charge is 0.293 e. The molecule has 13 heavy (non-hydrogen) atoms. The molecule has 0 saturated heterocycles. The fourth-order valence-corrected chi connectivity index (χ4v) is 1.43. The number of halogens is 3. The summed E-state index contributed by atoms with van der Waals surface area (Å²) in [4.78, 5) is 2.02. The van der Waals surface area contributed by atoms with Gasteiger partial charge in [0.2, 0.25) is 0 Å². The highest BCUT2D eigenvalue weighted by atomic mass is 79.9. The molecule has 0 aliphatic heterocycles. The van der Waals surface area contributed by atoms with Crippen LogP contribution in [-0.4, -0.2) is 19.0 Å². The lowest BCUT2D eigenvalue weighted by atomic mass is 10.2. The quantitative estimate of drug-likeness (QED) is 0.585. The summed E-state index contributed by atoms with van der Waals surface area (Å²) in [5.41, 5.74) is 0.941. The van der Waals surface area contributed by atoms with Gasteiger partial charge in [0.25, 0.3) is 0 Å². The molecule has 0 radical (unpaired) electrons. The van der Waals surface area contributed by atoms with Crippen LogP contribution in [0.25, 0.3) is 0 Å². The molecular formula is C9H10BrClFN. The first-order chi connectivity index (χ1) is 6.02. The SMILES string of the molecule is CN(C)C(Br)c1ccc(F)c(Cl)c1. The molecule has 1 aromatic rings. The molecule has 0 aliphatic rings. The number of hydrogen-bond donors (Lipinski definition) is 0. The molecule has 4 heteroatoms. The summed E-state index contributed by atoms with van der Waals surface area (Å²) in [5, 5.41) is 0.156. The first-order valence-corrected chi connectivity index (χ1v) is 5.07. The van der Waals surface area contributed by atoms with Crippen LogP contribution in [0.2, 0.25) is 5.02 Å². The summed E-state index contributed by atoms with van der Waals surface area (Å²) in [6.45, 7) is 0. The minimum Gasteiger partial charge on any atom is -0.293 e. The van der Waals surface area contributed by atoms with E-state index in [0.29, 0.717) is 0 Å². The Balaban J connectivity index is 2.97. The van der Waals surface area contributed by atoms with Crippen LogP contribution >= 0.6 is 27.5 Å². The zero-order chi connectivity index (χ0) is 10.0. The van der Waals surface area contributed by atoms with E-state index in [0.717, 1.165) is 5.56 Å². The van der Waals surface area contributed by atoms with Crippen molar-refractivity contribution in [2.24, 2.45) is 0 Å². The number of rotatable bonds is 2. The van der Waals surface area contributed by atoms with Crippen molar-refractivity contribution >= 4 is 27.5 Å². The Morgan fingerprint density at radius 2 is 2.08 bits per heavy atom. The van der Waals surface area contributed by atoms with Crippen LogP contribution in [0, 0.1) is 5.82 Å². The number of nitrogens with zero attached hydrogens (tertiary/aromatic N) is 1. The predicted molar refractivity (Wildman–Crippen MR) is 56.8 cm³/mol. The lowest BCUT2D eigenvalue weighted by Gasteiger charge is -2.18. The van der Waals surface area contributed by atoms with Crippen LogP contribution in [0.4, 0.5) is 4.39 Å². The normalized spacial score (nSPS) is 13.4. The summed E-state index contributed by atoms with van der Waals surface area (Å²) < 4.78 is 12.8. The van der Waals surface area contributed by atoms with Crippen molar-refractivity contribution in [1.82, 2.24) is 4.90 Å². The van der Waals surface area contributed by atoms with Gasteiger partial charge in [0.1, 0.15) is 5.82 Å². The summed E-state index contributed by atoms with van der Waals surface area (Å²) in [6.07, 6.45) is 0. The van der Waals surface area contributed by atoms with E-state index in [1.165, 1.54) is 6.07 Å². The van der Waals surface area contributed by atoms with Crippen LogP contribution in [0.1, 0.15) is 10.5 Å². The van der Waals surface area contributed by atoms with Gasteiger partial charge in [0.05, 0.1) is 9.97 Å². The van der Waals surface area contributed by atoms with E-state index >= 15 is 0 Å². The standard InChI is InChI=1S/C9H10BrClFN/c1-13(2)9(10)6-3-4-8(12)7(11)5-6/h3-5,9H,1-2H3. The highest BCUT2D eigenvalue weighted by Crippen LogP contribution is 2.27. The third-order valence-corrected chi connectivity index (χ3v) is 3.31. The summed E-state index contributed by atoms with van der Waals surface area (Å²) in [5.74, 6) is -0.385. The summed E-state index contributed by atoms with van der Waals surface area (Å²) in [7, 11) is 3.85. The molecule has 0 aromatic heterocycles. The number of alkyl halides is 1. The average Bonchev–Trinajstić information content (AvgIpc) is 2.08. The second kappa shape index (κ2) is 4.40. The molecular weight excluding hydrogens is 256 g/mol. The first-order valence-electron chi connectivity index (χ1n) is 3.78. The Kier molecular flexibility index (Phi) is 3.71. The molecule has 0 bridgehead atoms. The molecule has 0 aliphatic carbocycles. The van der Waals surface area contributed by atoms with Gasteiger partial charge >= 0.3 is 0 Å². The fourth-order valence-electron chi connectivity index (χ4n) is 0.959. The lowest BCUT2D eigenvalue weighted by Crippen LogP contribution is -2.14. The minimum atomic E-state index is -0.385. The van der Waals surface area contributed by atoms with E-state index < -0.39 is 0 Å².